The highest BCUT2D eigenvalue weighted by Gasteiger charge is 2.39. The van der Waals surface area contributed by atoms with Crippen molar-refractivity contribution in [3.8, 4) is 0 Å². The summed E-state index contributed by atoms with van der Waals surface area (Å²) in [7, 11) is -3.19. The van der Waals surface area contributed by atoms with Gasteiger partial charge >= 0.3 is 0 Å². The molecule has 2 saturated heterocycles. The van der Waals surface area contributed by atoms with Gasteiger partial charge in [0.15, 0.2) is 9.84 Å². The van der Waals surface area contributed by atoms with E-state index in [2.05, 4.69) is 10.2 Å². The minimum absolute atomic E-state index is 0.0357. The minimum Gasteiger partial charge on any atom is -0.371 e. The molecule has 0 aromatic heterocycles. The highest BCUT2D eigenvalue weighted by molar-refractivity contribution is 7.91. The third-order valence-corrected chi connectivity index (χ3v) is 7.99. The van der Waals surface area contributed by atoms with Crippen LogP contribution in [0.1, 0.15) is 53.4 Å². The van der Waals surface area contributed by atoms with Crippen LogP contribution in [0.15, 0.2) is 29.2 Å². The van der Waals surface area contributed by atoms with Gasteiger partial charge in [0, 0.05) is 36.8 Å². The summed E-state index contributed by atoms with van der Waals surface area (Å²) in [6, 6.07) is 6.78. The molecule has 2 amide bonds. The van der Waals surface area contributed by atoms with Crippen LogP contribution in [0.3, 0.4) is 0 Å². The molecule has 0 spiro atoms. The second kappa shape index (κ2) is 9.18. The molecule has 1 unspecified atom stereocenters. The van der Waals surface area contributed by atoms with Crippen molar-refractivity contribution in [2.75, 3.05) is 30.3 Å². The largest absolute Gasteiger partial charge is 0.371 e. The first-order valence-electron chi connectivity index (χ1n) is 11.2. The second-order valence-corrected chi connectivity index (χ2v) is 11.9. The summed E-state index contributed by atoms with van der Waals surface area (Å²) in [4.78, 5) is 29.9. The predicted molar refractivity (Wildman–Crippen MR) is 122 cm³/mol. The smallest absolute Gasteiger partial charge is 0.243 e. The van der Waals surface area contributed by atoms with Gasteiger partial charge in [-0.1, -0.05) is 27.7 Å². The van der Waals surface area contributed by atoms with Gasteiger partial charge in [-0.3, -0.25) is 9.59 Å². The number of sulfone groups is 1. The number of hydrogen-bond donors (Lipinski definition) is 1. The van der Waals surface area contributed by atoms with E-state index in [1.807, 2.05) is 32.9 Å². The van der Waals surface area contributed by atoms with Crippen LogP contribution < -0.4 is 10.2 Å². The maximum Gasteiger partial charge on any atom is 0.243 e. The summed E-state index contributed by atoms with van der Waals surface area (Å²) in [6.45, 7) is 9.55. The van der Waals surface area contributed by atoms with Gasteiger partial charge in [-0.05, 0) is 49.9 Å². The van der Waals surface area contributed by atoms with Crippen molar-refractivity contribution in [3.05, 3.63) is 24.3 Å². The van der Waals surface area contributed by atoms with Gasteiger partial charge in [0.2, 0.25) is 11.8 Å². The summed E-state index contributed by atoms with van der Waals surface area (Å²) in [5, 5.41) is 3.17. The standard InChI is InChI=1S/C23H35N3O4S/c1-5-31(29,30)19-10-8-18(9-11-19)25-15-12-17(13-16-25)24-21(27)20-7-6-14-26(20)22(28)23(2,3)4/h8-11,17,20H,5-7,12-16H2,1-4H3,(H,24,27). The van der Waals surface area contributed by atoms with Crippen molar-refractivity contribution in [2.45, 2.75) is 70.4 Å². The summed E-state index contributed by atoms with van der Waals surface area (Å²) in [6.07, 6.45) is 3.23. The number of carbonyl (C=O) groups is 2. The number of carbonyl (C=O) groups excluding carboxylic acids is 2. The Morgan fingerprint density at radius 2 is 1.65 bits per heavy atom. The first-order valence-corrected chi connectivity index (χ1v) is 12.9. The van der Waals surface area contributed by atoms with Crippen LogP contribution in [0, 0.1) is 5.41 Å². The average molecular weight is 450 g/mol. The molecule has 1 N–H and O–H groups in total. The average Bonchev–Trinajstić information content (AvgIpc) is 3.23. The van der Waals surface area contributed by atoms with E-state index in [0.29, 0.717) is 11.4 Å². The van der Waals surface area contributed by atoms with Gasteiger partial charge < -0.3 is 15.1 Å². The number of amides is 2. The molecule has 172 valence electrons. The molecular formula is C23H35N3O4S. The van der Waals surface area contributed by atoms with Gasteiger partial charge in [-0.2, -0.15) is 0 Å². The Bertz CT molecular complexity index is 898. The molecule has 0 radical (unpaired) electrons. The third kappa shape index (κ3) is 5.40. The minimum atomic E-state index is -3.19. The van der Waals surface area contributed by atoms with E-state index < -0.39 is 15.3 Å². The fraction of sp³-hybridized carbons (Fsp3) is 0.652. The number of rotatable bonds is 5. The Labute approximate surface area is 186 Å². The molecule has 0 bridgehead atoms. The lowest BCUT2D eigenvalue weighted by molar-refractivity contribution is -0.144. The van der Waals surface area contributed by atoms with Gasteiger partial charge in [0.1, 0.15) is 6.04 Å². The lowest BCUT2D eigenvalue weighted by atomic mass is 9.94. The third-order valence-electron chi connectivity index (χ3n) is 6.24. The van der Waals surface area contributed by atoms with Crippen molar-refractivity contribution in [3.63, 3.8) is 0 Å². The van der Waals surface area contributed by atoms with Crippen molar-refractivity contribution < 1.29 is 18.0 Å². The maximum absolute atomic E-state index is 12.9. The van der Waals surface area contributed by atoms with Gasteiger partial charge in [0.25, 0.3) is 0 Å². The molecule has 0 saturated carbocycles. The molecule has 7 nitrogen and oxygen atoms in total. The van der Waals surface area contributed by atoms with E-state index in [1.54, 1.807) is 24.0 Å². The van der Waals surface area contributed by atoms with Crippen molar-refractivity contribution >= 4 is 27.3 Å². The molecule has 0 aliphatic carbocycles. The Kier molecular flexibility index (Phi) is 6.98. The number of hydrogen-bond acceptors (Lipinski definition) is 5. The quantitative estimate of drug-likeness (QED) is 0.747. The van der Waals surface area contributed by atoms with Crippen LogP contribution in [0.4, 0.5) is 5.69 Å². The van der Waals surface area contributed by atoms with Gasteiger partial charge in [-0.15, -0.1) is 0 Å². The molecule has 8 heteroatoms. The van der Waals surface area contributed by atoms with Crippen LogP contribution >= 0.6 is 0 Å². The van der Waals surface area contributed by atoms with Crippen LogP contribution in [0.5, 0.6) is 0 Å². The first-order chi connectivity index (χ1) is 14.5. The SMILES string of the molecule is CCS(=O)(=O)c1ccc(N2CCC(NC(=O)C3CCCN3C(=O)C(C)(C)C)CC2)cc1. The lowest BCUT2D eigenvalue weighted by Gasteiger charge is -2.35. The van der Waals surface area contributed by atoms with E-state index >= 15 is 0 Å². The molecule has 2 aliphatic heterocycles. The predicted octanol–water partition coefficient (Wildman–Crippen LogP) is 2.60. The number of nitrogens with one attached hydrogen (secondary N) is 1. The summed E-state index contributed by atoms with van der Waals surface area (Å²) in [5.41, 5.74) is 0.512. The monoisotopic (exact) mass is 449 g/mol. The maximum atomic E-state index is 12.9. The normalized spacial score (nSPS) is 20.7. The van der Waals surface area contributed by atoms with Crippen LogP contribution in [0.2, 0.25) is 0 Å². The number of benzene rings is 1. The van der Waals surface area contributed by atoms with Crippen molar-refractivity contribution in [1.82, 2.24) is 10.2 Å². The zero-order valence-electron chi connectivity index (χ0n) is 19.1. The molecule has 2 heterocycles. The number of piperidine rings is 1. The summed E-state index contributed by atoms with van der Waals surface area (Å²) in [5.74, 6) is 0.0909. The zero-order valence-corrected chi connectivity index (χ0v) is 19.9. The number of anilines is 1. The van der Waals surface area contributed by atoms with E-state index in [0.717, 1.165) is 44.5 Å². The highest BCUT2D eigenvalue weighted by atomic mass is 32.2. The summed E-state index contributed by atoms with van der Waals surface area (Å²) >= 11 is 0. The van der Waals surface area contributed by atoms with Crippen LogP contribution in [-0.2, 0) is 19.4 Å². The van der Waals surface area contributed by atoms with Crippen LogP contribution in [0.25, 0.3) is 0 Å². The summed E-state index contributed by atoms with van der Waals surface area (Å²) < 4.78 is 24.0. The Balaban J connectivity index is 1.54. The molecule has 1 atom stereocenters. The molecular weight excluding hydrogens is 414 g/mol. The van der Waals surface area contributed by atoms with E-state index in [1.165, 1.54) is 0 Å². The fourth-order valence-electron chi connectivity index (χ4n) is 4.32. The molecule has 3 rings (SSSR count). The Morgan fingerprint density at radius 1 is 1.03 bits per heavy atom. The molecule has 31 heavy (non-hydrogen) atoms. The lowest BCUT2D eigenvalue weighted by Crippen LogP contribution is -2.53. The topological polar surface area (TPSA) is 86.8 Å². The Hall–Kier alpha value is -2.09. The Morgan fingerprint density at radius 3 is 2.19 bits per heavy atom. The number of nitrogens with zero attached hydrogens (tertiary/aromatic N) is 2. The second-order valence-electron chi connectivity index (χ2n) is 9.57. The van der Waals surface area contributed by atoms with Crippen molar-refractivity contribution in [1.29, 1.82) is 0 Å². The fourth-order valence-corrected chi connectivity index (χ4v) is 5.21. The van der Waals surface area contributed by atoms with E-state index in [4.69, 9.17) is 0 Å². The van der Waals surface area contributed by atoms with Gasteiger partial charge in [0.05, 0.1) is 10.6 Å². The number of likely N-dealkylation sites (tertiary alicyclic amines) is 1. The van der Waals surface area contributed by atoms with Gasteiger partial charge in [-0.25, -0.2) is 8.42 Å². The molecule has 1 aromatic rings. The first kappa shape index (κ1) is 23.6. The molecule has 2 aliphatic rings. The van der Waals surface area contributed by atoms with E-state index in [9.17, 15) is 18.0 Å². The highest BCUT2D eigenvalue weighted by Crippen LogP contribution is 2.26. The molecule has 2 fully saturated rings. The zero-order chi connectivity index (χ0) is 22.8. The van der Waals surface area contributed by atoms with Crippen LogP contribution in [-0.4, -0.2) is 62.6 Å². The van der Waals surface area contributed by atoms with E-state index in [-0.39, 0.29) is 29.7 Å². The molecule has 1 aromatic carbocycles. The van der Waals surface area contributed by atoms with Crippen molar-refractivity contribution in [2.24, 2.45) is 5.41 Å².